The predicted octanol–water partition coefficient (Wildman–Crippen LogP) is 3.28. The number of amides is 5. The van der Waals surface area contributed by atoms with Gasteiger partial charge in [0.05, 0.1) is 0 Å². The van der Waals surface area contributed by atoms with E-state index in [9.17, 15) is 39.0 Å². The van der Waals surface area contributed by atoms with E-state index in [1.165, 1.54) is 55.9 Å². The molecule has 0 aromatic heterocycles. The molecule has 4 bridgehead atoms. The Balaban J connectivity index is 1.34. The molecule has 0 aliphatic carbocycles. The van der Waals surface area contributed by atoms with Gasteiger partial charge in [0.15, 0.2) is 0 Å². The average Bonchev–Trinajstić information content (AvgIpc) is 3.26. The van der Waals surface area contributed by atoms with E-state index >= 15 is 0 Å². The monoisotopic (exact) mass is 849 g/mol. The standard InChI is InChI=1S/C46H55N7O9/c1-4-7-28-9-12-30(13-10-28)31-14-16-32(17-15-31)43(58)49-23-21-40(56)51-36(8-5-6-22-47)45(60)53(3)41-33-18-20-39(55)35(26-33)34-24-29(11-19-38(34)54)25-37(46(61)62-48)52-42(57)27(2)50-44(41)59/h9-20,24,26-27,36-37,41,54-55H,4-8,21-23,25,47-48H2,1-3H3,(H,49,58)(H,50,59)(H,51,56)(H,52,57)/t27-,36?,37-,41-/m0/s1. The van der Waals surface area contributed by atoms with E-state index in [0.717, 1.165) is 28.9 Å². The Bertz CT molecular complexity index is 2250. The average molecular weight is 850 g/mol. The van der Waals surface area contributed by atoms with Gasteiger partial charge in [0, 0.05) is 43.1 Å². The third-order valence-corrected chi connectivity index (χ3v) is 10.8. The highest BCUT2D eigenvalue weighted by molar-refractivity contribution is 5.97. The summed E-state index contributed by atoms with van der Waals surface area (Å²) < 4.78 is 0. The molecule has 5 amide bonds. The quantitative estimate of drug-likeness (QED) is 0.0636. The molecular weight excluding hydrogens is 795 g/mol. The molecule has 4 aromatic rings. The highest BCUT2D eigenvalue weighted by atomic mass is 16.7. The molecule has 62 heavy (non-hydrogen) atoms. The Hall–Kier alpha value is -6.78. The van der Waals surface area contributed by atoms with Gasteiger partial charge in [0.25, 0.3) is 5.91 Å². The molecule has 4 aromatic carbocycles. The molecule has 4 atom stereocenters. The first-order valence-corrected chi connectivity index (χ1v) is 20.6. The summed E-state index contributed by atoms with van der Waals surface area (Å²) in [5.41, 5.74) is 10.3. The van der Waals surface area contributed by atoms with Crippen LogP contribution in [0, 0.1) is 0 Å². The van der Waals surface area contributed by atoms with Crippen LogP contribution in [0.15, 0.2) is 84.9 Å². The van der Waals surface area contributed by atoms with Crippen molar-refractivity contribution in [3.63, 3.8) is 0 Å². The number of aryl methyl sites for hydroxylation is 1. The number of carbonyl (C=O) groups excluding carboxylic acids is 6. The minimum Gasteiger partial charge on any atom is -0.507 e. The van der Waals surface area contributed by atoms with Crippen LogP contribution >= 0.6 is 0 Å². The maximum Gasteiger partial charge on any atom is 0.347 e. The fourth-order valence-electron chi connectivity index (χ4n) is 7.33. The molecule has 0 saturated heterocycles. The highest BCUT2D eigenvalue weighted by Crippen LogP contribution is 2.39. The van der Waals surface area contributed by atoms with Crippen molar-refractivity contribution >= 4 is 35.5 Å². The molecule has 1 aliphatic rings. The van der Waals surface area contributed by atoms with Crippen molar-refractivity contribution in [3.8, 4) is 33.8 Å². The molecule has 5 rings (SSSR count). The van der Waals surface area contributed by atoms with Gasteiger partial charge in [-0.2, -0.15) is 5.90 Å². The molecule has 0 spiro atoms. The lowest BCUT2D eigenvalue weighted by Crippen LogP contribution is -2.55. The molecule has 1 aliphatic heterocycles. The molecule has 1 heterocycles. The number of nitrogens with zero attached hydrogens (tertiary/aromatic N) is 1. The molecule has 0 saturated carbocycles. The van der Waals surface area contributed by atoms with E-state index in [1.54, 1.807) is 12.1 Å². The van der Waals surface area contributed by atoms with Crippen molar-refractivity contribution < 1.29 is 43.8 Å². The van der Waals surface area contributed by atoms with E-state index < -0.39 is 53.8 Å². The van der Waals surface area contributed by atoms with Gasteiger partial charge in [-0.05, 0) is 103 Å². The number of unbranched alkanes of at least 4 members (excludes halogenated alkanes) is 1. The van der Waals surface area contributed by atoms with Crippen molar-refractivity contribution in [1.82, 2.24) is 26.2 Å². The van der Waals surface area contributed by atoms with Crippen LogP contribution in [-0.2, 0) is 41.7 Å². The number of phenolic OH excluding ortho intramolecular Hbond substituents is 2. The fraction of sp³-hybridized carbons (Fsp3) is 0.348. The summed E-state index contributed by atoms with van der Waals surface area (Å²) >= 11 is 0. The minimum absolute atomic E-state index is 0.0238. The zero-order valence-corrected chi connectivity index (χ0v) is 35.1. The number of benzene rings is 4. The first-order valence-electron chi connectivity index (χ1n) is 20.6. The molecule has 0 radical (unpaired) electrons. The second-order valence-electron chi connectivity index (χ2n) is 15.3. The molecule has 328 valence electrons. The zero-order chi connectivity index (χ0) is 44.9. The van der Waals surface area contributed by atoms with E-state index in [-0.39, 0.29) is 59.9 Å². The van der Waals surface area contributed by atoms with Gasteiger partial charge in [-0.25, -0.2) is 4.79 Å². The van der Waals surface area contributed by atoms with Crippen molar-refractivity contribution in [2.75, 3.05) is 20.1 Å². The van der Waals surface area contributed by atoms with Gasteiger partial charge in [-0.15, -0.1) is 0 Å². The predicted molar refractivity (Wildman–Crippen MR) is 232 cm³/mol. The second kappa shape index (κ2) is 21.7. The number of nitrogens with two attached hydrogens (primary N) is 2. The van der Waals surface area contributed by atoms with Gasteiger partial charge in [-0.3, -0.25) is 24.0 Å². The smallest absolute Gasteiger partial charge is 0.347 e. The van der Waals surface area contributed by atoms with Crippen LogP contribution in [0.3, 0.4) is 0 Å². The lowest BCUT2D eigenvalue weighted by molar-refractivity contribution is -0.148. The van der Waals surface area contributed by atoms with Crippen molar-refractivity contribution in [2.24, 2.45) is 11.6 Å². The van der Waals surface area contributed by atoms with Gasteiger partial charge in [0.1, 0.15) is 35.7 Å². The van der Waals surface area contributed by atoms with Gasteiger partial charge < -0.3 is 47.0 Å². The Labute approximate surface area is 360 Å². The van der Waals surface area contributed by atoms with E-state index in [0.29, 0.717) is 30.5 Å². The largest absolute Gasteiger partial charge is 0.507 e. The van der Waals surface area contributed by atoms with Gasteiger partial charge in [-0.1, -0.05) is 61.9 Å². The Morgan fingerprint density at radius 3 is 2.16 bits per heavy atom. The second-order valence-corrected chi connectivity index (χ2v) is 15.3. The summed E-state index contributed by atoms with van der Waals surface area (Å²) in [6.45, 7) is 3.83. The summed E-state index contributed by atoms with van der Waals surface area (Å²) in [6, 6.07) is 18.9. The maximum atomic E-state index is 14.4. The van der Waals surface area contributed by atoms with Gasteiger partial charge >= 0.3 is 5.97 Å². The summed E-state index contributed by atoms with van der Waals surface area (Å²) in [5, 5.41) is 32.6. The van der Waals surface area contributed by atoms with Crippen LogP contribution in [0.25, 0.3) is 22.3 Å². The van der Waals surface area contributed by atoms with Crippen LogP contribution in [-0.4, -0.2) is 88.9 Å². The Kier molecular flexibility index (Phi) is 16.2. The molecule has 16 heteroatoms. The molecule has 1 unspecified atom stereocenters. The number of phenols is 2. The summed E-state index contributed by atoms with van der Waals surface area (Å²) in [5.74, 6) is 0.584. The third kappa shape index (κ3) is 11.7. The number of hydrogen-bond donors (Lipinski definition) is 8. The molecule has 0 fully saturated rings. The lowest BCUT2D eigenvalue weighted by Gasteiger charge is -2.32. The zero-order valence-electron chi connectivity index (χ0n) is 35.1. The van der Waals surface area contributed by atoms with E-state index in [2.05, 4.69) is 57.3 Å². The van der Waals surface area contributed by atoms with Crippen LogP contribution in [0.1, 0.15) is 79.0 Å². The third-order valence-electron chi connectivity index (χ3n) is 10.8. The van der Waals surface area contributed by atoms with Gasteiger partial charge in [0.2, 0.25) is 23.6 Å². The lowest BCUT2D eigenvalue weighted by atomic mass is 9.93. The summed E-state index contributed by atoms with van der Waals surface area (Å²) in [4.78, 5) is 86.4. The van der Waals surface area contributed by atoms with Crippen LogP contribution in [0.5, 0.6) is 11.5 Å². The first kappa shape index (κ1) is 46.3. The highest BCUT2D eigenvalue weighted by Gasteiger charge is 2.36. The number of likely N-dealkylation sites (N-methyl/N-ethyl adjacent to an activating group) is 1. The fourth-order valence-corrected chi connectivity index (χ4v) is 7.33. The van der Waals surface area contributed by atoms with Crippen molar-refractivity contribution in [1.29, 1.82) is 0 Å². The Morgan fingerprint density at radius 1 is 0.871 bits per heavy atom. The number of rotatable bonds is 15. The molecule has 10 N–H and O–H groups in total. The molecule has 16 nitrogen and oxygen atoms in total. The minimum atomic E-state index is -1.44. The van der Waals surface area contributed by atoms with E-state index in [1.807, 2.05) is 12.1 Å². The summed E-state index contributed by atoms with van der Waals surface area (Å²) in [6.07, 6.45) is 2.97. The SMILES string of the molecule is CCCc1ccc(-c2ccc(C(=O)NCCC(=O)NC(CCCCN)C(=O)N(C)[C@@H]3C(=O)N[C@@H](C)C(=O)N[C@H](C(=O)ON)Cc4ccc(O)c(c4)-c4cc3ccc4O)cc2)cc1. The van der Waals surface area contributed by atoms with E-state index in [4.69, 9.17) is 11.6 Å². The number of nitrogens with one attached hydrogen (secondary N) is 4. The number of hydrogen-bond acceptors (Lipinski definition) is 11. The first-order chi connectivity index (χ1) is 29.7. The van der Waals surface area contributed by atoms with Crippen molar-refractivity contribution in [3.05, 3.63) is 107 Å². The number of aromatic hydroxyl groups is 2. The normalized spacial score (nSPS) is 16.8. The van der Waals surface area contributed by atoms with Crippen LogP contribution in [0.4, 0.5) is 0 Å². The topological polar surface area (TPSA) is 256 Å². The van der Waals surface area contributed by atoms with Crippen molar-refractivity contribution in [2.45, 2.75) is 83.0 Å². The Morgan fingerprint density at radius 2 is 1.52 bits per heavy atom. The molecular formula is C46H55N7O9. The number of fused-ring (bicyclic) bond motifs is 5. The van der Waals surface area contributed by atoms with Crippen LogP contribution < -0.4 is 32.9 Å². The van der Waals surface area contributed by atoms with Crippen LogP contribution in [0.2, 0.25) is 0 Å². The summed E-state index contributed by atoms with van der Waals surface area (Å²) in [7, 11) is 1.37. The maximum absolute atomic E-state index is 14.4. The number of carbonyl (C=O) groups is 6.